The molecule has 1 aromatic rings. The predicted octanol–water partition coefficient (Wildman–Crippen LogP) is 3.57. The molecule has 1 rings (SSSR count). The van der Waals surface area contributed by atoms with Crippen molar-refractivity contribution < 1.29 is 17.7 Å². The SMILES string of the molecule is CC(=CC(C)(C)[S+](N)[O-])c1cccc(C(F)F)c1F. The molecule has 6 heteroatoms. The Kier molecular flexibility index (Phi) is 5.06. The van der Waals surface area contributed by atoms with Crippen molar-refractivity contribution in [3.8, 4) is 0 Å². The molecule has 0 bridgehead atoms. The lowest BCUT2D eigenvalue weighted by Crippen LogP contribution is -2.36. The quantitative estimate of drug-likeness (QED) is 0.862. The van der Waals surface area contributed by atoms with Gasteiger partial charge in [-0.25, -0.2) is 13.2 Å². The van der Waals surface area contributed by atoms with E-state index in [4.69, 9.17) is 5.14 Å². The Morgan fingerprint density at radius 2 is 2.00 bits per heavy atom. The van der Waals surface area contributed by atoms with Crippen LogP contribution < -0.4 is 5.14 Å². The second-order valence-electron chi connectivity index (χ2n) is 4.74. The maximum atomic E-state index is 13.9. The van der Waals surface area contributed by atoms with Gasteiger partial charge in [-0.3, -0.25) is 0 Å². The van der Waals surface area contributed by atoms with Crippen LogP contribution in [0.2, 0.25) is 0 Å². The first kappa shape index (κ1) is 16.1. The van der Waals surface area contributed by atoms with Gasteiger partial charge in [-0.2, -0.15) is 5.14 Å². The number of halogens is 3. The predicted molar refractivity (Wildman–Crippen MR) is 71.4 cm³/mol. The number of alkyl halides is 2. The zero-order valence-electron chi connectivity index (χ0n) is 10.9. The fraction of sp³-hybridized carbons (Fsp3) is 0.385. The highest BCUT2D eigenvalue weighted by molar-refractivity contribution is 7.90. The van der Waals surface area contributed by atoms with Gasteiger partial charge in [0.15, 0.2) is 4.75 Å². The number of nitrogens with two attached hydrogens (primary N) is 1. The molecule has 0 aliphatic heterocycles. The molecule has 0 heterocycles. The van der Waals surface area contributed by atoms with E-state index in [-0.39, 0.29) is 5.56 Å². The molecule has 0 spiro atoms. The van der Waals surface area contributed by atoms with Crippen molar-refractivity contribution in [2.24, 2.45) is 5.14 Å². The number of benzene rings is 1. The van der Waals surface area contributed by atoms with Crippen molar-refractivity contribution in [2.75, 3.05) is 0 Å². The zero-order valence-corrected chi connectivity index (χ0v) is 11.7. The summed E-state index contributed by atoms with van der Waals surface area (Å²) in [5, 5.41) is 5.33. The summed E-state index contributed by atoms with van der Waals surface area (Å²) < 4.78 is 49.6. The number of hydrogen-bond donors (Lipinski definition) is 1. The first-order valence-electron chi connectivity index (χ1n) is 5.59. The van der Waals surface area contributed by atoms with Crippen LogP contribution in [0.4, 0.5) is 13.2 Å². The van der Waals surface area contributed by atoms with Crippen molar-refractivity contribution in [3.05, 3.63) is 41.2 Å². The van der Waals surface area contributed by atoms with Gasteiger partial charge < -0.3 is 4.55 Å². The van der Waals surface area contributed by atoms with E-state index in [0.29, 0.717) is 5.57 Å². The van der Waals surface area contributed by atoms with Crippen molar-refractivity contribution in [1.29, 1.82) is 0 Å². The van der Waals surface area contributed by atoms with Gasteiger partial charge in [0.1, 0.15) is 5.82 Å². The molecule has 0 aliphatic carbocycles. The fourth-order valence-electron chi connectivity index (χ4n) is 1.68. The van der Waals surface area contributed by atoms with E-state index < -0.39 is 33.9 Å². The van der Waals surface area contributed by atoms with Gasteiger partial charge in [0.2, 0.25) is 0 Å². The average molecular weight is 291 g/mol. The van der Waals surface area contributed by atoms with Crippen LogP contribution in [-0.2, 0) is 11.4 Å². The maximum Gasteiger partial charge on any atom is 0.266 e. The molecule has 1 unspecified atom stereocenters. The van der Waals surface area contributed by atoms with Crippen LogP contribution in [0.3, 0.4) is 0 Å². The fourth-order valence-corrected chi connectivity index (χ4v) is 1.97. The van der Waals surface area contributed by atoms with Crippen LogP contribution in [-0.4, -0.2) is 9.30 Å². The highest BCUT2D eigenvalue weighted by Gasteiger charge is 2.28. The van der Waals surface area contributed by atoms with E-state index in [0.717, 1.165) is 6.07 Å². The topological polar surface area (TPSA) is 49.1 Å². The lowest BCUT2D eigenvalue weighted by atomic mass is 10.00. The normalized spacial score (nSPS) is 14.9. The standard InChI is InChI=1S/C13H16F3NOS/c1-8(7-13(2,3)19(17)18)9-5-4-6-10(11(9)14)12(15)16/h4-7,12H,17H2,1-3H3. The third-order valence-corrected chi connectivity index (χ3v) is 3.93. The summed E-state index contributed by atoms with van der Waals surface area (Å²) in [5.74, 6) is -0.954. The van der Waals surface area contributed by atoms with Crippen LogP contribution in [0, 0.1) is 5.82 Å². The molecule has 0 radical (unpaired) electrons. The maximum absolute atomic E-state index is 13.9. The first-order valence-corrected chi connectivity index (χ1v) is 6.80. The molecular formula is C13H16F3NOS. The van der Waals surface area contributed by atoms with Crippen LogP contribution in [0.5, 0.6) is 0 Å². The Balaban J connectivity index is 3.24. The molecule has 106 valence electrons. The lowest BCUT2D eigenvalue weighted by Gasteiger charge is -2.21. The Labute approximate surface area is 113 Å². The van der Waals surface area contributed by atoms with E-state index >= 15 is 0 Å². The summed E-state index contributed by atoms with van der Waals surface area (Å²) in [4.78, 5) is 0. The summed E-state index contributed by atoms with van der Waals surface area (Å²) in [7, 11) is 0. The Morgan fingerprint density at radius 3 is 2.47 bits per heavy atom. The van der Waals surface area contributed by atoms with E-state index in [1.54, 1.807) is 20.8 Å². The molecule has 1 atom stereocenters. The van der Waals surface area contributed by atoms with Gasteiger partial charge in [-0.1, -0.05) is 18.2 Å². The van der Waals surface area contributed by atoms with E-state index in [2.05, 4.69) is 0 Å². The van der Waals surface area contributed by atoms with E-state index in [1.165, 1.54) is 18.2 Å². The van der Waals surface area contributed by atoms with E-state index in [1.807, 2.05) is 0 Å². The highest BCUT2D eigenvalue weighted by atomic mass is 32.2. The second kappa shape index (κ2) is 5.98. The molecule has 0 saturated heterocycles. The summed E-state index contributed by atoms with van der Waals surface area (Å²) in [6.45, 7) is 4.82. The molecule has 2 nitrogen and oxygen atoms in total. The molecule has 0 aromatic heterocycles. The molecule has 19 heavy (non-hydrogen) atoms. The Hall–Kier alpha value is -0.980. The molecule has 0 saturated carbocycles. The molecule has 2 N–H and O–H groups in total. The average Bonchev–Trinajstić information content (AvgIpc) is 2.27. The van der Waals surface area contributed by atoms with Crippen LogP contribution >= 0.6 is 0 Å². The van der Waals surface area contributed by atoms with Crippen molar-refractivity contribution in [2.45, 2.75) is 31.9 Å². The summed E-state index contributed by atoms with van der Waals surface area (Å²) >= 11 is -1.64. The minimum absolute atomic E-state index is 0.0660. The first-order chi connectivity index (χ1) is 8.66. The third-order valence-electron chi connectivity index (χ3n) is 2.77. The number of hydrogen-bond acceptors (Lipinski definition) is 2. The van der Waals surface area contributed by atoms with Crippen LogP contribution in [0.25, 0.3) is 5.57 Å². The van der Waals surface area contributed by atoms with Crippen LogP contribution in [0.15, 0.2) is 24.3 Å². The van der Waals surface area contributed by atoms with Gasteiger partial charge in [0.25, 0.3) is 6.43 Å². The van der Waals surface area contributed by atoms with Gasteiger partial charge in [-0.15, -0.1) is 0 Å². The Morgan fingerprint density at radius 1 is 1.42 bits per heavy atom. The van der Waals surface area contributed by atoms with Gasteiger partial charge in [-0.05, 0) is 32.4 Å². The number of rotatable bonds is 4. The second-order valence-corrected chi connectivity index (χ2v) is 6.38. The van der Waals surface area contributed by atoms with Crippen molar-refractivity contribution in [3.63, 3.8) is 0 Å². The minimum atomic E-state index is -2.87. The third kappa shape index (κ3) is 3.75. The smallest absolute Gasteiger partial charge is 0.266 e. The zero-order chi connectivity index (χ0) is 14.8. The lowest BCUT2D eigenvalue weighted by molar-refractivity contribution is 0.146. The monoisotopic (exact) mass is 291 g/mol. The molecule has 1 aromatic carbocycles. The molecule has 0 aliphatic rings. The van der Waals surface area contributed by atoms with Gasteiger partial charge >= 0.3 is 0 Å². The van der Waals surface area contributed by atoms with Gasteiger partial charge in [0, 0.05) is 16.9 Å². The van der Waals surface area contributed by atoms with Crippen molar-refractivity contribution >= 4 is 16.9 Å². The number of allylic oxidation sites excluding steroid dienone is 1. The minimum Gasteiger partial charge on any atom is -0.598 e. The van der Waals surface area contributed by atoms with Crippen molar-refractivity contribution in [1.82, 2.24) is 0 Å². The summed E-state index contributed by atoms with van der Waals surface area (Å²) in [5.41, 5.74) is -0.156. The molecular weight excluding hydrogens is 275 g/mol. The van der Waals surface area contributed by atoms with Gasteiger partial charge in [0.05, 0.1) is 5.56 Å². The highest BCUT2D eigenvalue weighted by Crippen LogP contribution is 2.29. The summed E-state index contributed by atoms with van der Waals surface area (Å²) in [6.07, 6.45) is -1.35. The van der Waals surface area contributed by atoms with Crippen LogP contribution in [0.1, 0.15) is 38.3 Å². The molecule has 0 amide bonds. The Bertz CT molecular complexity index is 487. The summed E-state index contributed by atoms with van der Waals surface area (Å²) in [6, 6.07) is 3.81. The molecule has 0 fully saturated rings. The largest absolute Gasteiger partial charge is 0.598 e. The van der Waals surface area contributed by atoms with E-state index in [9.17, 15) is 17.7 Å².